The first kappa shape index (κ1) is 15.3. The van der Waals surface area contributed by atoms with Gasteiger partial charge in [0.25, 0.3) is 0 Å². The Morgan fingerprint density at radius 2 is 1.89 bits per heavy atom. The fourth-order valence-corrected chi connectivity index (χ4v) is 1.91. The fraction of sp³-hybridized carbons (Fsp3) is 0.417. The number of alkyl halides is 4. The molecule has 18 heavy (non-hydrogen) atoms. The Hall–Kier alpha value is -0.740. The molecular formula is C12H11Cl2F3O. The summed E-state index contributed by atoms with van der Waals surface area (Å²) in [7, 11) is 0. The number of halogens is 5. The van der Waals surface area contributed by atoms with Crippen LogP contribution in [0.4, 0.5) is 13.2 Å². The molecule has 0 aliphatic heterocycles. The number of carbonyl (C=O) groups is 1. The fourth-order valence-electron chi connectivity index (χ4n) is 1.43. The lowest BCUT2D eigenvalue weighted by molar-refractivity contribution is -0.137. The molecule has 0 radical (unpaired) electrons. The summed E-state index contributed by atoms with van der Waals surface area (Å²) in [4.78, 5) is 11.7. The number of rotatable bonds is 5. The van der Waals surface area contributed by atoms with E-state index in [1.807, 2.05) is 0 Å². The van der Waals surface area contributed by atoms with Crippen LogP contribution in [0, 0.1) is 0 Å². The maximum absolute atomic E-state index is 12.4. The second-order valence-electron chi connectivity index (χ2n) is 3.76. The van der Waals surface area contributed by atoms with E-state index in [-0.39, 0.29) is 22.8 Å². The van der Waals surface area contributed by atoms with Gasteiger partial charge >= 0.3 is 6.18 Å². The van der Waals surface area contributed by atoms with Gasteiger partial charge < -0.3 is 0 Å². The molecule has 0 aliphatic rings. The van der Waals surface area contributed by atoms with Crippen LogP contribution in [0.5, 0.6) is 0 Å². The zero-order valence-electron chi connectivity index (χ0n) is 9.36. The topological polar surface area (TPSA) is 17.1 Å². The summed E-state index contributed by atoms with van der Waals surface area (Å²) in [5.74, 6) is 0.187. The van der Waals surface area contributed by atoms with Gasteiger partial charge in [-0.15, -0.1) is 11.6 Å². The van der Waals surface area contributed by atoms with Crippen molar-refractivity contribution in [3.8, 4) is 0 Å². The van der Waals surface area contributed by atoms with Crippen LogP contribution in [0.2, 0.25) is 5.02 Å². The Bertz CT molecular complexity index is 430. The van der Waals surface area contributed by atoms with Crippen LogP contribution in [0.1, 0.15) is 35.2 Å². The van der Waals surface area contributed by atoms with Crippen LogP contribution in [0.25, 0.3) is 0 Å². The van der Waals surface area contributed by atoms with E-state index < -0.39 is 11.7 Å². The minimum Gasteiger partial charge on any atom is -0.294 e. The van der Waals surface area contributed by atoms with E-state index >= 15 is 0 Å². The molecule has 0 amide bonds. The van der Waals surface area contributed by atoms with Crippen LogP contribution in [-0.4, -0.2) is 11.7 Å². The lowest BCUT2D eigenvalue weighted by atomic mass is 10.0. The van der Waals surface area contributed by atoms with Gasteiger partial charge in [0.15, 0.2) is 5.78 Å². The number of carbonyl (C=O) groups excluding carboxylic acids is 1. The molecule has 1 aromatic carbocycles. The Kier molecular flexibility index (Phi) is 5.47. The average molecular weight is 299 g/mol. The van der Waals surface area contributed by atoms with Crippen LogP contribution in [-0.2, 0) is 6.18 Å². The third-order valence-electron chi connectivity index (χ3n) is 2.38. The van der Waals surface area contributed by atoms with Crippen molar-refractivity contribution in [1.29, 1.82) is 0 Å². The first-order valence-corrected chi connectivity index (χ1v) is 6.23. The normalized spacial score (nSPS) is 11.6. The quantitative estimate of drug-likeness (QED) is 0.427. The molecule has 1 nitrogen and oxygen atoms in total. The average Bonchev–Trinajstić information content (AvgIpc) is 2.27. The molecule has 0 fully saturated rings. The summed E-state index contributed by atoms with van der Waals surface area (Å²) >= 11 is 11.2. The van der Waals surface area contributed by atoms with Gasteiger partial charge in [0.05, 0.1) is 10.6 Å². The van der Waals surface area contributed by atoms with Crippen molar-refractivity contribution in [2.75, 3.05) is 5.88 Å². The van der Waals surface area contributed by atoms with E-state index in [1.54, 1.807) is 0 Å². The molecule has 1 rings (SSSR count). The Morgan fingerprint density at radius 1 is 1.22 bits per heavy atom. The Balaban J connectivity index is 2.82. The maximum atomic E-state index is 12.4. The highest BCUT2D eigenvalue weighted by molar-refractivity contribution is 6.34. The van der Waals surface area contributed by atoms with Crippen LogP contribution < -0.4 is 0 Å². The monoisotopic (exact) mass is 298 g/mol. The second kappa shape index (κ2) is 6.43. The zero-order chi connectivity index (χ0) is 13.8. The first-order valence-electron chi connectivity index (χ1n) is 5.32. The van der Waals surface area contributed by atoms with Crippen molar-refractivity contribution in [1.82, 2.24) is 0 Å². The molecule has 0 saturated heterocycles. The highest BCUT2D eigenvalue weighted by Gasteiger charge is 2.31. The lowest BCUT2D eigenvalue weighted by Crippen LogP contribution is -2.07. The van der Waals surface area contributed by atoms with Crippen molar-refractivity contribution >= 4 is 29.0 Å². The number of hydrogen-bond acceptors (Lipinski definition) is 1. The molecule has 1 aromatic rings. The van der Waals surface area contributed by atoms with Crippen molar-refractivity contribution in [2.45, 2.75) is 25.4 Å². The standard InChI is InChI=1S/C12H11Cl2F3O/c13-6-2-1-3-11(18)9-5-4-8(7-10(9)14)12(15,16)17/h4-5,7H,1-3,6H2. The molecule has 0 unspecified atom stereocenters. The first-order chi connectivity index (χ1) is 8.36. The van der Waals surface area contributed by atoms with Gasteiger partial charge in [-0.3, -0.25) is 4.79 Å². The van der Waals surface area contributed by atoms with Gasteiger partial charge in [-0.05, 0) is 31.0 Å². The summed E-state index contributed by atoms with van der Waals surface area (Å²) in [6.07, 6.45) is -2.94. The van der Waals surface area contributed by atoms with Crippen molar-refractivity contribution < 1.29 is 18.0 Å². The predicted molar refractivity (Wildman–Crippen MR) is 65.4 cm³/mol. The number of benzene rings is 1. The van der Waals surface area contributed by atoms with Crippen LogP contribution in [0.15, 0.2) is 18.2 Å². The van der Waals surface area contributed by atoms with Crippen LogP contribution in [0.3, 0.4) is 0 Å². The summed E-state index contributed by atoms with van der Waals surface area (Å²) in [5, 5.41) is -0.166. The van der Waals surface area contributed by atoms with E-state index in [0.29, 0.717) is 18.7 Å². The van der Waals surface area contributed by atoms with E-state index in [4.69, 9.17) is 23.2 Å². The number of unbranched alkanes of at least 4 members (excludes halogenated alkanes) is 1. The molecule has 100 valence electrons. The second-order valence-corrected chi connectivity index (χ2v) is 4.55. The zero-order valence-corrected chi connectivity index (χ0v) is 10.9. The van der Waals surface area contributed by atoms with Gasteiger partial charge in [-0.2, -0.15) is 13.2 Å². The minimum absolute atomic E-state index is 0.124. The van der Waals surface area contributed by atoms with Gasteiger partial charge in [-0.25, -0.2) is 0 Å². The van der Waals surface area contributed by atoms with Gasteiger partial charge in [0.1, 0.15) is 0 Å². The SMILES string of the molecule is O=C(CCCCCl)c1ccc(C(F)(F)F)cc1Cl. The van der Waals surface area contributed by atoms with Crippen LogP contribution >= 0.6 is 23.2 Å². The summed E-state index contributed by atoms with van der Waals surface area (Å²) in [6.45, 7) is 0. The van der Waals surface area contributed by atoms with Gasteiger partial charge in [0, 0.05) is 17.9 Å². The third-order valence-corrected chi connectivity index (χ3v) is 2.96. The Morgan fingerprint density at radius 3 is 2.39 bits per heavy atom. The van der Waals surface area contributed by atoms with Gasteiger partial charge in [-0.1, -0.05) is 11.6 Å². The molecular weight excluding hydrogens is 288 g/mol. The smallest absolute Gasteiger partial charge is 0.294 e. The molecule has 0 atom stereocenters. The summed E-state index contributed by atoms with van der Waals surface area (Å²) in [6, 6.07) is 2.76. The lowest BCUT2D eigenvalue weighted by Gasteiger charge is -2.09. The third kappa shape index (κ3) is 4.18. The molecule has 0 aromatic heterocycles. The van der Waals surface area contributed by atoms with E-state index in [2.05, 4.69) is 0 Å². The Labute approximate surface area is 113 Å². The van der Waals surface area contributed by atoms with Crippen molar-refractivity contribution in [3.05, 3.63) is 34.3 Å². The van der Waals surface area contributed by atoms with Gasteiger partial charge in [0.2, 0.25) is 0 Å². The van der Waals surface area contributed by atoms with Crippen molar-refractivity contribution in [2.24, 2.45) is 0 Å². The number of hydrogen-bond donors (Lipinski definition) is 0. The van der Waals surface area contributed by atoms with E-state index in [0.717, 1.165) is 18.2 Å². The van der Waals surface area contributed by atoms with E-state index in [9.17, 15) is 18.0 Å². The molecule has 0 bridgehead atoms. The maximum Gasteiger partial charge on any atom is 0.416 e. The minimum atomic E-state index is -4.45. The predicted octanol–water partition coefficient (Wildman–Crippen LogP) is 4.95. The highest BCUT2D eigenvalue weighted by atomic mass is 35.5. The molecule has 0 spiro atoms. The molecule has 0 heterocycles. The molecule has 0 N–H and O–H groups in total. The molecule has 0 saturated carbocycles. The molecule has 0 aliphatic carbocycles. The highest BCUT2D eigenvalue weighted by Crippen LogP contribution is 2.32. The number of ketones is 1. The number of Topliss-reactive ketones (excluding diaryl/α,β-unsaturated/α-hetero) is 1. The van der Waals surface area contributed by atoms with Crippen molar-refractivity contribution in [3.63, 3.8) is 0 Å². The summed E-state index contributed by atoms with van der Waals surface area (Å²) < 4.78 is 37.2. The summed E-state index contributed by atoms with van der Waals surface area (Å²) in [5.41, 5.74) is -0.732. The van der Waals surface area contributed by atoms with E-state index in [1.165, 1.54) is 0 Å². The largest absolute Gasteiger partial charge is 0.416 e. The molecule has 6 heteroatoms.